The molecule has 2 unspecified atom stereocenters. The van der Waals surface area contributed by atoms with Gasteiger partial charge in [0.2, 0.25) is 0 Å². The second kappa shape index (κ2) is 9.54. The van der Waals surface area contributed by atoms with E-state index in [0.717, 1.165) is 34.8 Å². The van der Waals surface area contributed by atoms with Crippen molar-refractivity contribution in [3.05, 3.63) is 76.9 Å². The molecule has 1 heterocycles. The summed E-state index contributed by atoms with van der Waals surface area (Å²) in [5.41, 5.74) is 4.09. The zero-order chi connectivity index (χ0) is 24.6. The Morgan fingerprint density at radius 1 is 1.00 bits per heavy atom. The average molecular weight is 490 g/mol. The van der Waals surface area contributed by atoms with Crippen molar-refractivity contribution in [1.82, 2.24) is 4.98 Å². The quantitative estimate of drug-likeness (QED) is 0.327. The highest BCUT2D eigenvalue weighted by atomic mass is 35.5. The van der Waals surface area contributed by atoms with Crippen LogP contribution in [-0.4, -0.2) is 16.1 Å². The number of carbonyl (C=O) groups is 1. The molecule has 2 aliphatic rings. The van der Waals surface area contributed by atoms with E-state index in [2.05, 4.69) is 47.7 Å². The lowest BCUT2D eigenvalue weighted by molar-refractivity contribution is 0.0697. The SMILES string of the molecule is CC1CC2CC(C1)CC(C)(c1ccc(Nc3cccc(Nc4ncccc4C(=O)O)c3)c(Cl)c1)C2. The van der Waals surface area contributed by atoms with E-state index in [0.29, 0.717) is 10.8 Å². The molecule has 3 N–H and O–H groups in total. The van der Waals surface area contributed by atoms with Gasteiger partial charge in [-0.05, 0) is 103 Å². The molecule has 2 fully saturated rings. The maximum atomic E-state index is 11.5. The second-order valence-corrected chi connectivity index (χ2v) is 11.2. The Kier molecular flexibility index (Phi) is 6.45. The van der Waals surface area contributed by atoms with Crippen molar-refractivity contribution in [2.75, 3.05) is 10.6 Å². The van der Waals surface area contributed by atoms with Crippen LogP contribution in [0.5, 0.6) is 0 Å². The maximum absolute atomic E-state index is 11.5. The minimum atomic E-state index is -1.02. The van der Waals surface area contributed by atoms with Gasteiger partial charge >= 0.3 is 5.97 Å². The summed E-state index contributed by atoms with van der Waals surface area (Å²) in [4.78, 5) is 15.7. The molecule has 3 aromatic rings. The molecular weight excluding hydrogens is 458 g/mol. The summed E-state index contributed by atoms with van der Waals surface area (Å²) >= 11 is 6.78. The Morgan fingerprint density at radius 2 is 1.71 bits per heavy atom. The van der Waals surface area contributed by atoms with E-state index in [9.17, 15) is 9.90 Å². The molecular formula is C29H32ClN3O2. The van der Waals surface area contributed by atoms with Gasteiger partial charge in [0.05, 0.1) is 10.7 Å². The fraction of sp³-hybridized carbons (Fsp3) is 0.379. The summed E-state index contributed by atoms with van der Waals surface area (Å²) in [7, 11) is 0. The minimum absolute atomic E-state index is 0.124. The van der Waals surface area contributed by atoms with Gasteiger partial charge in [-0.25, -0.2) is 9.78 Å². The van der Waals surface area contributed by atoms with Crippen molar-refractivity contribution in [3.63, 3.8) is 0 Å². The monoisotopic (exact) mass is 489 g/mol. The number of rotatable bonds is 6. The van der Waals surface area contributed by atoms with Crippen molar-refractivity contribution in [1.29, 1.82) is 0 Å². The van der Waals surface area contributed by atoms with Crippen LogP contribution in [0.1, 0.15) is 61.9 Å². The Labute approximate surface area is 211 Å². The molecule has 2 aromatic carbocycles. The molecule has 0 aliphatic heterocycles. The number of carboxylic acid groups (broad SMARTS) is 1. The van der Waals surface area contributed by atoms with Crippen molar-refractivity contribution >= 4 is 40.5 Å². The zero-order valence-corrected chi connectivity index (χ0v) is 21.0. The van der Waals surface area contributed by atoms with Crippen LogP contribution in [0.4, 0.5) is 22.9 Å². The first-order chi connectivity index (χ1) is 16.8. The normalized spacial score (nSPS) is 25.6. The predicted molar refractivity (Wildman–Crippen MR) is 142 cm³/mol. The number of nitrogens with one attached hydrogen (secondary N) is 2. The van der Waals surface area contributed by atoms with Gasteiger partial charge in [-0.2, -0.15) is 0 Å². The molecule has 182 valence electrons. The number of nitrogens with zero attached hydrogens (tertiary/aromatic N) is 1. The molecule has 0 amide bonds. The van der Waals surface area contributed by atoms with Gasteiger partial charge < -0.3 is 15.7 Å². The van der Waals surface area contributed by atoms with Gasteiger partial charge in [-0.1, -0.05) is 37.6 Å². The fourth-order valence-corrected chi connectivity index (χ4v) is 6.69. The minimum Gasteiger partial charge on any atom is -0.478 e. The third-order valence-corrected chi connectivity index (χ3v) is 8.04. The number of fused-ring (bicyclic) bond motifs is 2. The standard InChI is InChI=1S/C29H32ClN3O2/c1-18-11-19-13-20(12-18)17-29(2,16-19)21-8-9-26(25(30)14-21)32-22-5-3-6-23(15-22)33-27-24(28(34)35)7-4-10-31-27/h3-10,14-15,18-20,32H,11-13,16-17H2,1-2H3,(H,31,33)(H,34,35). The van der Waals surface area contributed by atoms with Crippen molar-refractivity contribution in [3.8, 4) is 0 Å². The molecule has 1 aromatic heterocycles. The van der Waals surface area contributed by atoms with Crippen molar-refractivity contribution in [2.24, 2.45) is 17.8 Å². The highest BCUT2D eigenvalue weighted by Crippen LogP contribution is 2.51. The number of anilines is 4. The van der Waals surface area contributed by atoms with Crippen molar-refractivity contribution in [2.45, 2.75) is 51.4 Å². The highest BCUT2D eigenvalue weighted by molar-refractivity contribution is 6.33. The van der Waals surface area contributed by atoms with Crippen LogP contribution in [-0.2, 0) is 5.41 Å². The number of aromatic carboxylic acids is 1. The highest BCUT2D eigenvalue weighted by Gasteiger charge is 2.41. The lowest BCUT2D eigenvalue weighted by atomic mass is 9.57. The molecule has 0 saturated heterocycles. The molecule has 2 bridgehead atoms. The Balaban J connectivity index is 1.32. The third-order valence-electron chi connectivity index (χ3n) is 7.72. The van der Waals surface area contributed by atoms with E-state index in [1.807, 2.05) is 24.3 Å². The van der Waals surface area contributed by atoms with E-state index in [1.165, 1.54) is 43.7 Å². The largest absolute Gasteiger partial charge is 0.478 e. The van der Waals surface area contributed by atoms with Crippen LogP contribution in [0.3, 0.4) is 0 Å². The van der Waals surface area contributed by atoms with E-state index >= 15 is 0 Å². The zero-order valence-electron chi connectivity index (χ0n) is 20.2. The topological polar surface area (TPSA) is 74.2 Å². The molecule has 35 heavy (non-hydrogen) atoms. The average Bonchev–Trinajstić information content (AvgIpc) is 2.80. The molecule has 0 spiro atoms. The smallest absolute Gasteiger partial charge is 0.339 e. The lowest BCUT2D eigenvalue weighted by Gasteiger charge is -2.47. The van der Waals surface area contributed by atoms with Gasteiger partial charge in [-0.15, -0.1) is 0 Å². The van der Waals surface area contributed by atoms with Gasteiger partial charge in [-0.3, -0.25) is 0 Å². The summed E-state index contributed by atoms with van der Waals surface area (Å²) in [6, 6.07) is 17.2. The number of pyridine rings is 1. The predicted octanol–water partition coefficient (Wildman–Crippen LogP) is 8.02. The fourth-order valence-electron chi connectivity index (χ4n) is 6.46. The lowest BCUT2D eigenvalue weighted by Crippen LogP contribution is -2.38. The number of hydrogen-bond donors (Lipinski definition) is 3. The number of aromatic nitrogens is 1. The Bertz CT molecular complexity index is 1230. The first-order valence-electron chi connectivity index (χ1n) is 12.4. The number of carboxylic acids is 1. The van der Waals surface area contributed by atoms with Crippen molar-refractivity contribution < 1.29 is 9.90 Å². The molecule has 6 heteroatoms. The number of halogens is 1. The summed E-state index contributed by atoms with van der Waals surface area (Å²) in [5.74, 6) is 1.80. The summed E-state index contributed by atoms with van der Waals surface area (Å²) in [5, 5.41) is 16.6. The molecule has 0 radical (unpaired) electrons. The van der Waals surface area contributed by atoms with Crippen LogP contribution >= 0.6 is 11.6 Å². The van der Waals surface area contributed by atoms with Gasteiger partial charge in [0, 0.05) is 17.6 Å². The first-order valence-corrected chi connectivity index (χ1v) is 12.8. The van der Waals surface area contributed by atoms with Crippen LogP contribution in [0.2, 0.25) is 5.02 Å². The first kappa shape index (κ1) is 23.7. The van der Waals surface area contributed by atoms with Gasteiger partial charge in [0.15, 0.2) is 0 Å². The van der Waals surface area contributed by atoms with Crippen LogP contribution in [0.25, 0.3) is 0 Å². The van der Waals surface area contributed by atoms with E-state index in [4.69, 9.17) is 11.6 Å². The second-order valence-electron chi connectivity index (χ2n) is 10.7. The molecule has 5 nitrogen and oxygen atoms in total. The van der Waals surface area contributed by atoms with Crippen LogP contribution < -0.4 is 10.6 Å². The Hall–Kier alpha value is -3.05. The molecule has 5 rings (SSSR count). The molecule has 2 aliphatic carbocycles. The van der Waals surface area contributed by atoms with Gasteiger partial charge in [0.1, 0.15) is 11.4 Å². The number of hydrogen-bond acceptors (Lipinski definition) is 4. The summed E-state index contributed by atoms with van der Waals surface area (Å²) in [6.07, 6.45) is 8.17. The van der Waals surface area contributed by atoms with Crippen LogP contribution in [0.15, 0.2) is 60.8 Å². The summed E-state index contributed by atoms with van der Waals surface area (Å²) < 4.78 is 0. The number of benzene rings is 2. The molecule has 2 atom stereocenters. The third kappa shape index (κ3) is 5.15. The maximum Gasteiger partial charge on any atom is 0.339 e. The van der Waals surface area contributed by atoms with Gasteiger partial charge in [0.25, 0.3) is 0 Å². The van der Waals surface area contributed by atoms with E-state index in [-0.39, 0.29) is 11.0 Å². The Morgan fingerprint density at radius 3 is 2.40 bits per heavy atom. The molecule has 2 saturated carbocycles. The van der Waals surface area contributed by atoms with E-state index in [1.54, 1.807) is 12.3 Å². The van der Waals surface area contributed by atoms with E-state index < -0.39 is 5.97 Å². The van der Waals surface area contributed by atoms with Crippen LogP contribution in [0, 0.1) is 17.8 Å². The summed E-state index contributed by atoms with van der Waals surface area (Å²) in [6.45, 7) is 4.82.